The molecule has 0 aromatic carbocycles. The molecule has 4 aliphatic rings. The largest absolute Gasteiger partial charge is 0.476 e. The number of anilines is 1. The molecule has 0 radical (unpaired) electrons. The van der Waals surface area contributed by atoms with Crippen molar-refractivity contribution in [1.82, 2.24) is 14.9 Å². The van der Waals surface area contributed by atoms with Crippen LogP contribution in [0, 0.1) is 0 Å². The van der Waals surface area contributed by atoms with Crippen LogP contribution in [0.5, 0.6) is 11.8 Å². The molecule has 6 nitrogen and oxygen atoms in total. The van der Waals surface area contributed by atoms with Gasteiger partial charge in [0.25, 0.3) is 0 Å². The fourth-order valence-corrected chi connectivity index (χ4v) is 6.02. The summed E-state index contributed by atoms with van der Waals surface area (Å²) in [7, 11) is 0. The summed E-state index contributed by atoms with van der Waals surface area (Å²) in [4.78, 5) is 14.0. The molecule has 4 aliphatic heterocycles. The van der Waals surface area contributed by atoms with Gasteiger partial charge >= 0.3 is 0 Å². The van der Waals surface area contributed by atoms with Gasteiger partial charge in [0.15, 0.2) is 0 Å². The number of fused-ring (bicyclic) bond motifs is 3. The zero-order valence-electron chi connectivity index (χ0n) is 17.4. The molecule has 0 bridgehead atoms. The quantitative estimate of drug-likeness (QED) is 0.766. The summed E-state index contributed by atoms with van der Waals surface area (Å²) in [5, 5.41) is 0.986. The Morgan fingerprint density at radius 3 is 3.17 bits per heavy atom. The van der Waals surface area contributed by atoms with Crippen molar-refractivity contribution in [2.75, 3.05) is 37.7 Å². The molecule has 160 valence electrons. The molecule has 3 atom stereocenters. The normalized spacial score (nSPS) is 31.0. The molecule has 6 rings (SSSR count). The summed E-state index contributed by atoms with van der Waals surface area (Å²) in [5.41, 5.74) is 1.81. The summed E-state index contributed by atoms with van der Waals surface area (Å²) < 4.78 is 26.5. The van der Waals surface area contributed by atoms with E-state index in [9.17, 15) is 4.39 Å². The van der Waals surface area contributed by atoms with Crippen LogP contribution in [0.15, 0.2) is 18.3 Å². The van der Waals surface area contributed by atoms with Crippen LogP contribution >= 0.6 is 0 Å². The highest BCUT2D eigenvalue weighted by molar-refractivity contribution is 5.96. The van der Waals surface area contributed by atoms with E-state index in [0.29, 0.717) is 44.0 Å². The van der Waals surface area contributed by atoms with Gasteiger partial charge in [-0.25, -0.2) is 14.4 Å². The lowest BCUT2D eigenvalue weighted by molar-refractivity contribution is 0.111. The summed E-state index contributed by atoms with van der Waals surface area (Å²) in [6.07, 6.45) is 8.51. The first-order valence-corrected chi connectivity index (χ1v) is 11.4. The Morgan fingerprint density at radius 1 is 1.23 bits per heavy atom. The Balaban J connectivity index is 1.36. The van der Waals surface area contributed by atoms with Crippen LogP contribution in [-0.2, 0) is 0 Å². The summed E-state index contributed by atoms with van der Waals surface area (Å²) in [5.74, 6) is 1.30. The topological polar surface area (TPSA) is 50.7 Å². The van der Waals surface area contributed by atoms with Crippen molar-refractivity contribution in [3.63, 3.8) is 0 Å². The van der Waals surface area contributed by atoms with Crippen molar-refractivity contribution in [2.24, 2.45) is 0 Å². The molecular formula is C23H29FN4O2. The molecule has 2 aromatic rings. The number of hydrogen-bond donors (Lipinski definition) is 0. The minimum absolute atomic E-state index is 0.165. The molecule has 0 N–H and O–H groups in total. The first-order chi connectivity index (χ1) is 14.7. The number of alkyl halides is 1. The average Bonchev–Trinajstić information content (AvgIpc) is 3.09. The van der Waals surface area contributed by atoms with Crippen LogP contribution in [0.25, 0.3) is 10.9 Å². The van der Waals surface area contributed by atoms with E-state index in [1.165, 1.54) is 19.3 Å². The van der Waals surface area contributed by atoms with Crippen LogP contribution in [0.3, 0.4) is 0 Å². The predicted molar refractivity (Wildman–Crippen MR) is 113 cm³/mol. The summed E-state index contributed by atoms with van der Waals surface area (Å²) in [6, 6.07) is 4.36. The lowest BCUT2D eigenvalue weighted by Gasteiger charge is -2.32. The van der Waals surface area contributed by atoms with Gasteiger partial charge in [0.05, 0.1) is 28.2 Å². The lowest BCUT2D eigenvalue weighted by Crippen LogP contribution is -2.43. The van der Waals surface area contributed by atoms with E-state index < -0.39 is 6.17 Å². The van der Waals surface area contributed by atoms with E-state index in [2.05, 4.69) is 20.9 Å². The minimum atomic E-state index is -0.744. The Hall–Kier alpha value is -2.15. The van der Waals surface area contributed by atoms with Gasteiger partial charge in [0, 0.05) is 31.8 Å². The van der Waals surface area contributed by atoms with Gasteiger partial charge in [-0.15, -0.1) is 0 Å². The second kappa shape index (κ2) is 7.22. The Bertz CT molecular complexity index is 956. The second-order valence-electron chi connectivity index (χ2n) is 9.36. The van der Waals surface area contributed by atoms with Crippen LogP contribution in [0.4, 0.5) is 10.1 Å². The smallest absolute Gasteiger partial charge is 0.225 e. The summed E-state index contributed by atoms with van der Waals surface area (Å²) in [6.45, 7) is 3.70. The van der Waals surface area contributed by atoms with Crippen molar-refractivity contribution >= 4 is 16.6 Å². The Kier molecular flexibility index (Phi) is 4.48. The number of aromatic nitrogens is 2. The first kappa shape index (κ1) is 18.6. The second-order valence-corrected chi connectivity index (χ2v) is 9.36. The van der Waals surface area contributed by atoms with Crippen molar-refractivity contribution in [3.05, 3.63) is 18.3 Å². The molecule has 0 amide bonds. The van der Waals surface area contributed by atoms with Gasteiger partial charge in [0.2, 0.25) is 11.8 Å². The van der Waals surface area contributed by atoms with Crippen molar-refractivity contribution in [3.8, 4) is 11.8 Å². The van der Waals surface area contributed by atoms with Crippen molar-refractivity contribution in [2.45, 2.75) is 62.7 Å². The number of ether oxygens (including phenoxy) is 2. The average molecular weight is 413 g/mol. The maximum atomic E-state index is 14.1. The highest BCUT2D eigenvalue weighted by atomic mass is 19.1. The van der Waals surface area contributed by atoms with Gasteiger partial charge in [-0.3, -0.25) is 4.90 Å². The van der Waals surface area contributed by atoms with Gasteiger partial charge in [-0.05, 0) is 38.3 Å². The minimum Gasteiger partial charge on any atom is -0.476 e. The molecule has 2 aromatic heterocycles. The molecule has 0 spiro atoms. The van der Waals surface area contributed by atoms with Crippen molar-refractivity contribution in [1.29, 1.82) is 0 Å². The predicted octanol–water partition coefficient (Wildman–Crippen LogP) is 3.73. The Morgan fingerprint density at radius 2 is 2.20 bits per heavy atom. The van der Waals surface area contributed by atoms with E-state index in [0.717, 1.165) is 48.9 Å². The SMILES string of the molecule is F[C@H]1CN2CCC[C@@]2(COc2cc3c4c(nccc4n2)OCC2CCCCCN32)C1. The van der Waals surface area contributed by atoms with Crippen molar-refractivity contribution < 1.29 is 13.9 Å². The van der Waals surface area contributed by atoms with E-state index >= 15 is 0 Å². The molecule has 7 heteroatoms. The molecule has 3 fully saturated rings. The highest BCUT2D eigenvalue weighted by Gasteiger charge is 2.49. The first-order valence-electron chi connectivity index (χ1n) is 11.4. The zero-order valence-corrected chi connectivity index (χ0v) is 17.4. The maximum Gasteiger partial charge on any atom is 0.225 e. The molecule has 30 heavy (non-hydrogen) atoms. The number of pyridine rings is 2. The highest BCUT2D eigenvalue weighted by Crippen LogP contribution is 2.42. The van der Waals surface area contributed by atoms with E-state index in [1.54, 1.807) is 6.20 Å². The molecular weight excluding hydrogens is 383 g/mol. The van der Waals surface area contributed by atoms with E-state index in [1.807, 2.05) is 6.07 Å². The molecule has 3 saturated heterocycles. The van der Waals surface area contributed by atoms with E-state index in [-0.39, 0.29) is 5.54 Å². The van der Waals surface area contributed by atoms with Gasteiger partial charge < -0.3 is 14.4 Å². The number of nitrogens with zero attached hydrogens (tertiary/aromatic N) is 4. The molecule has 0 aliphatic carbocycles. The van der Waals surface area contributed by atoms with Crippen LogP contribution in [0.2, 0.25) is 0 Å². The Labute approximate surface area is 176 Å². The number of rotatable bonds is 3. The fraction of sp³-hybridized carbons (Fsp3) is 0.652. The molecule has 0 saturated carbocycles. The third-order valence-corrected chi connectivity index (χ3v) is 7.49. The standard InChI is InChI=1S/C23H29FN4O2/c24-16-12-23(7-4-9-27(23)13-16)15-30-20-11-19-21-18(26-20)6-8-25-22(21)29-14-17-5-2-1-3-10-28(17)19/h6,8,11,16-17H,1-5,7,9-10,12-15H2/t16-,17?,23+/m1/s1. The van der Waals surface area contributed by atoms with Gasteiger partial charge in [0.1, 0.15) is 19.4 Å². The van der Waals surface area contributed by atoms with Gasteiger partial charge in [-0.2, -0.15) is 0 Å². The monoisotopic (exact) mass is 412 g/mol. The third kappa shape index (κ3) is 3.01. The number of halogens is 1. The third-order valence-electron chi connectivity index (χ3n) is 7.49. The maximum absolute atomic E-state index is 14.1. The van der Waals surface area contributed by atoms with Crippen LogP contribution in [0.1, 0.15) is 44.9 Å². The zero-order chi connectivity index (χ0) is 20.1. The van der Waals surface area contributed by atoms with E-state index in [4.69, 9.17) is 14.5 Å². The number of hydrogen-bond acceptors (Lipinski definition) is 6. The lowest BCUT2D eigenvalue weighted by atomic mass is 9.95. The fourth-order valence-electron chi connectivity index (χ4n) is 6.02. The van der Waals surface area contributed by atoms with Gasteiger partial charge in [-0.1, -0.05) is 12.8 Å². The van der Waals surface area contributed by atoms with Crippen LogP contribution in [-0.4, -0.2) is 65.5 Å². The van der Waals surface area contributed by atoms with Crippen LogP contribution < -0.4 is 14.4 Å². The summed E-state index contributed by atoms with van der Waals surface area (Å²) >= 11 is 0. The molecule has 6 heterocycles. The molecule has 1 unspecified atom stereocenters.